The summed E-state index contributed by atoms with van der Waals surface area (Å²) in [6.45, 7) is 6.75. The summed E-state index contributed by atoms with van der Waals surface area (Å²) in [7, 11) is 0. The first-order chi connectivity index (χ1) is 5.74. The molecule has 1 radical (unpaired) electrons. The first kappa shape index (κ1) is 29.5. The predicted octanol–water partition coefficient (Wildman–Crippen LogP) is 1.16. The summed E-state index contributed by atoms with van der Waals surface area (Å²) in [5.74, 6) is 0. The molecule has 0 bridgehead atoms. The Kier molecular flexibility index (Phi) is 99.8. The average molecular weight is 322 g/mol. The topological polar surface area (TPSA) is 60.7 Å². The van der Waals surface area contributed by atoms with E-state index in [2.05, 4.69) is 0 Å². The van der Waals surface area contributed by atoms with Crippen molar-refractivity contribution in [2.24, 2.45) is 0 Å². The van der Waals surface area contributed by atoms with Crippen molar-refractivity contribution >= 4 is 0 Å². The van der Waals surface area contributed by atoms with Crippen molar-refractivity contribution in [3.8, 4) is 0 Å². The Morgan fingerprint density at radius 3 is 0.714 bits per heavy atom. The normalized spacial score (nSPS) is 6.43. The van der Waals surface area contributed by atoms with E-state index in [0.717, 1.165) is 19.3 Å². The van der Waals surface area contributed by atoms with Crippen LogP contribution >= 0.6 is 0 Å². The van der Waals surface area contributed by atoms with E-state index in [1.165, 1.54) is 0 Å². The third kappa shape index (κ3) is 108. The second kappa shape index (κ2) is 47.3. The Hall–Kier alpha value is 1.35. The van der Waals surface area contributed by atoms with Crippen molar-refractivity contribution < 1.29 is 60.1 Å². The van der Waals surface area contributed by atoms with Gasteiger partial charge in [0.25, 0.3) is 0 Å². The summed E-state index contributed by atoms with van der Waals surface area (Å²) in [5, 5.41) is 23.6. The van der Waals surface area contributed by atoms with Crippen LogP contribution in [0.3, 0.4) is 0 Å². The molecular weight excluding hydrogens is 298 g/mol. The van der Waals surface area contributed by atoms with Gasteiger partial charge in [0.05, 0.1) is 0 Å². The van der Waals surface area contributed by atoms with Crippen LogP contribution in [0.1, 0.15) is 40.0 Å². The van der Waals surface area contributed by atoms with Gasteiger partial charge in [-0.2, -0.15) is 0 Å². The Labute approximate surface area is 119 Å². The maximum absolute atomic E-state index is 7.88. The van der Waals surface area contributed by atoms with E-state index >= 15 is 0 Å². The van der Waals surface area contributed by atoms with Crippen LogP contribution in [0.4, 0.5) is 0 Å². The monoisotopic (exact) mass is 321 g/mol. The number of aliphatic hydroxyl groups is 3. The molecule has 5 heteroatoms. The van der Waals surface area contributed by atoms with Crippen LogP contribution in [0, 0.1) is 0 Å². The molecule has 0 aliphatic carbocycles. The number of rotatable bonds is 3. The molecule has 0 atom stereocenters. The molecule has 0 aromatic rings. The van der Waals surface area contributed by atoms with Crippen LogP contribution in [-0.4, -0.2) is 35.1 Å². The molecule has 14 heavy (non-hydrogen) atoms. The molecule has 0 saturated heterocycles. The summed E-state index contributed by atoms with van der Waals surface area (Å²) >= 11 is 0. The van der Waals surface area contributed by atoms with Crippen LogP contribution in [0.2, 0.25) is 0 Å². The van der Waals surface area contributed by atoms with Crippen LogP contribution in [0.25, 0.3) is 0 Å². The zero-order valence-corrected chi connectivity index (χ0v) is 13.4. The standard InChI is InChI=1S/3C3H8O.V.Zr/c3*1-2-3-4;;/h3*4H,2-3H2,1H3;;. The second-order valence-corrected chi connectivity index (χ2v) is 2.17. The molecule has 87 valence electrons. The number of hydrogen-bond donors (Lipinski definition) is 3. The summed E-state index contributed by atoms with van der Waals surface area (Å²) in [5.41, 5.74) is 0. The fourth-order valence-electron chi connectivity index (χ4n) is 0. The average Bonchev–Trinajstić information content (AvgIpc) is 2.18. The molecule has 0 aliphatic heterocycles. The maximum Gasteiger partial charge on any atom is 0.0428 e. The SMILES string of the molecule is CCCO.CCCO.CCCO.[V].[Zr]. The summed E-state index contributed by atoms with van der Waals surface area (Å²) in [6, 6.07) is 0. The van der Waals surface area contributed by atoms with Gasteiger partial charge in [0.15, 0.2) is 0 Å². The van der Waals surface area contributed by atoms with Crippen molar-refractivity contribution in [3.05, 3.63) is 0 Å². The number of hydrogen-bond acceptors (Lipinski definition) is 3. The van der Waals surface area contributed by atoms with Gasteiger partial charge in [-0.15, -0.1) is 0 Å². The van der Waals surface area contributed by atoms with E-state index in [1.807, 2.05) is 20.8 Å². The fourth-order valence-corrected chi connectivity index (χ4v) is 0. The van der Waals surface area contributed by atoms with Crippen molar-refractivity contribution in [2.45, 2.75) is 40.0 Å². The zero-order chi connectivity index (χ0) is 10.2. The molecule has 0 aromatic heterocycles. The largest absolute Gasteiger partial charge is 0.396 e. The Morgan fingerprint density at radius 2 is 0.714 bits per heavy atom. The smallest absolute Gasteiger partial charge is 0.0428 e. The van der Waals surface area contributed by atoms with E-state index < -0.39 is 0 Å². The van der Waals surface area contributed by atoms with Crippen molar-refractivity contribution in [3.63, 3.8) is 0 Å². The minimum atomic E-state index is 0. The van der Waals surface area contributed by atoms with Gasteiger partial charge in [-0.1, -0.05) is 20.8 Å². The zero-order valence-electron chi connectivity index (χ0n) is 9.53. The Morgan fingerprint density at radius 1 is 0.643 bits per heavy atom. The molecule has 0 fully saturated rings. The molecule has 0 spiro atoms. The summed E-state index contributed by atoms with van der Waals surface area (Å²) in [4.78, 5) is 0. The summed E-state index contributed by atoms with van der Waals surface area (Å²) in [6.07, 6.45) is 2.62. The van der Waals surface area contributed by atoms with Crippen molar-refractivity contribution in [2.75, 3.05) is 19.8 Å². The minimum Gasteiger partial charge on any atom is -0.396 e. The minimum absolute atomic E-state index is 0. The van der Waals surface area contributed by atoms with E-state index in [9.17, 15) is 0 Å². The molecule has 0 heterocycles. The third-order valence-corrected chi connectivity index (χ3v) is 0.671. The van der Waals surface area contributed by atoms with Gasteiger partial charge in [-0.3, -0.25) is 0 Å². The predicted molar refractivity (Wildman–Crippen MR) is 52.1 cm³/mol. The van der Waals surface area contributed by atoms with E-state index in [4.69, 9.17) is 15.3 Å². The molecular formula is C9H24O3VZr. The van der Waals surface area contributed by atoms with Crippen molar-refractivity contribution in [1.29, 1.82) is 0 Å². The van der Waals surface area contributed by atoms with Gasteiger partial charge in [-0.25, -0.2) is 0 Å². The van der Waals surface area contributed by atoms with E-state index in [0.29, 0.717) is 19.8 Å². The van der Waals surface area contributed by atoms with Crippen LogP contribution in [-0.2, 0) is 44.8 Å². The first-order valence-corrected chi connectivity index (χ1v) is 4.57. The van der Waals surface area contributed by atoms with Gasteiger partial charge >= 0.3 is 0 Å². The fraction of sp³-hybridized carbons (Fsp3) is 1.00. The second-order valence-electron chi connectivity index (χ2n) is 2.17. The number of aliphatic hydroxyl groups excluding tert-OH is 3. The van der Waals surface area contributed by atoms with E-state index in [-0.39, 0.29) is 44.8 Å². The third-order valence-electron chi connectivity index (χ3n) is 0.671. The van der Waals surface area contributed by atoms with Gasteiger partial charge in [0.2, 0.25) is 0 Å². The summed E-state index contributed by atoms with van der Waals surface area (Å²) < 4.78 is 0. The van der Waals surface area contributed by atoms with Crippen LogP contribution < -0.4 is 0 Å². The van der Waals surface area contributed by atoms with Crippen LogP contribution in [0.5, 0.6) is 0 Å². The molecule has 3 N–H and O–H groups in total. The molecule has 0 unspecified atom stereocenters. The first-order valence-electron chi connectivity index (χ1n) is 4.57. The molecule has 0 aromatic carbocycles. The molecule has 0 rings (SSSR count). The molecule has 0 amide bonds. The van der Waals surface area contributed by atoms with Gasteiger partial charge in [0.1, 0.15) is 0 Å². The van der Waals surface area contributed by atoms with Crippen molar-refractivity contribution in [1.82, 2.24) is 0 Å². The Bertz CT molecular complexity index is 35.5. The van der Waals surface area contributed by atoms with Gasteiger partial charge < -0.3 is 15.3 Å². The Balaban J connectivity index is -0.0000000270. The maximum atomic E-state index is 7.88. The molecule has 0 aliphatic rings. The van der Waals surface area contributed by atoms with Gasteiger partial charge in [-0.05, 0) is 19.3 Å². The quantitative estimate of drug-likeness (QED) is 0.731. The molecule has 0 saturated carbocycles. The van der Waals surface area contributed by atoms with Crippen LogP contribution in [0.15, 0.2) is 0 Å². The van der Waals surface area contributed by atoms with E-state index in [1.54, 1.807) is 0 Å². The molecule has 3 nitrogen and oxygen atoms in total. The van der Waals surface area contributed by atoms with Gasteiger partial charge in [0, 0.05) is 64.6 Å².